The molecule has 0 amide bonds. The summed E-state index contributed by atoms with van der Waals surface area (Å²) >= 11 is 1.19. The molecule has 3 fully saturated rings. The molecule has 0 radical (unpaired) electrons. The Hall–Kier alpha value is -1.25. The van der Waals surface area contributed by atoms with Crippen LogP contribution in [0.2, 0.25) is 0 Å². The number of fused-ring (bicyclic) bond motifs is 5. The maximum atomic E-state index is 13.5. The van der Waals surface area contributed by atoms with E-state index in [0.717, 1.165) is 4.48 Å². The first-order valence-electron chi connectivity index (χ1n) is 11.4. The summed E-state index contributed by atoms with van der Waals surface area (Å²) in [5, 5.41) is 11.0. The first kappa shape index (κ1) is 11.6. The Balaban J connectivity index is 1.52. The quantitative estimate of drug-likeness (QED) is 0.488. The number of nitrogens with zero attached hydrogens (tertiary/aromatic N) is 1. The Kier molecular flexibility index (Phi) is 2.50. The van der Waals surface area contributed by atoms with Gasteiger partial charge in [-0.15, -0.1) is 22.7 Å². The van der Waals surface area contributed by atoms with Crippen LogP contribution in [0, 0.1) is 0 Å². The number of rotatable bonds is 4. The number of carbonyl (C=O) groups excluding carboxylic acids is 1. The van der Waals surface area contributed by atoms with Crippen molar-refractivity contribution in [1.29, 1.82) is 0 Å². The highest BCUT2D eigenvalue weighted by molar-refractivity contribution is 7.12. The van der Waals surface area contributed by atoms with Gasteiger partial charge in [0.25, 0.3) is 0 Å². The second kappa shape index (κ2) is 5.62. The third-order valence-corrected chi connectivity index (χ3v) is 7.64. The van der Waals surface area contributed by atoms with E-state index in [9.17, 15) is 9.90 Å². The molecule has 5 nitrogen and oxygen atoms in total. The Labute approximate surface area is 168 Å². The van der Waals surface area contributed by atoms with Gasteiger partial charge in [0.1, 0.15) is 30.4 Å². The van der Waals surface area contributed by atoms with Gasteiger partial charge in [-0.05, 0) is 22.8 Å². The van der Waals surface area contributed by atoms with E-state index in [1.165, 1.54) is 0 Å². The molecule has 2 aromatic rings. The number of quaternary nitrogens is 1. The van der Waals surface area contributed by atoms with Crippen molar-refractivity contribution in [3.63, 3.8) is 0 Å². The zero-order valence-electron chi connectivity index (χ0n) is 20.2. The van der Waals surface area contributed by atoms with Crippen LogP contribution in [0.3, 0.4) is 0 Å². The fourth-order valence-electron chi connectivity index (χ4n) is 4.52. The first-order chi connectivity index (χ1) is 14.9. The van der Waals surface area contributed by atoms with Gasteiger partial charge in [0.2, 0.25) is 5.60 Å². The number of thiophene rings is 2. The fraction of sp³-hybridized carbons (Fsp3) is 0.526. The van der Waals surface area contributed by atoms with Crippen LogP contribution in [-0.4, -0.2) is 60.0 Å². The standard InChI is InChI=1S/C19H22NO4S2/c1-20(2)12-9-11(10-13(20)17-16(12)24-17)23-18(21)19(22,14-5-3-7-25-14)15-6-4-8-26-15/h3-8,11-13,16-17,22H,9-10H2,1-2H3/q+1/i3D,4D,5D,6D,7D,8D. The van der Waals surface area contributed by atoms with Crippen LogP contribution in [0.4, 0.5) is 0 Å². The molecule has 4 atom stereocenters. The number of likely N-dealkylation sites (N-methyl/N-ethyl adjacent to an activating group) is 1. The third kappa shape index (κ3) is 2.28. The molecule has 0 spiro atoms. The van der Waals surface area contributed by atoms with E-state index in [1.807, 2.05) is 0 Å². The zero-order valence-corrected chi connectivity index (χ0v) is 15.9. The van der Waals surface area contributed by atoms with Crippen molar-refractivity contribution in [3.8, 4) is 0 Å². The molecule has 1 N–H and O–H groups in total. The second-order valence-electron chi connectivity index (χ2n) is 7.60. The van der Waals surface area contributed by atoms with E-state index in [1.54, 1.807) is 0 Å². The summed E-state index contributed by atoms with van der Waals surface area (Å²) in [6.45, 7) is 0. The molecular formula is C19H22NO4S2+. The van der Waals surface area contributed by atoms with Gasteiger partial charge in [-0.3, -0.25) is 0 Å². The molecule has 3 saturated heterocycles. The minimum atomic E-state index is -2.63. The lowest BCUT2D eigenvalue weighted by Gasteiger charge is -2.45. The maximum Gasteiger partial charge on any atom is 0.349 e. The van der Waals surface area contributed by atoms with Crippen molar-refractivity contribution in [3.05, 3.63) is 44.6 Å². The Morgan fingerprint density at radius 2 is 1.77 bits per heavy atom. The molecule has 26 heavy (non-hydrogen) atoms. The molecule has 0 aromatic carbocycles. The molecule has 4 unspecified atom stereocenters. The third-order valence-electron chi connectivity index (χ3n) is 6.02. The number of ether oxygens (including phenoxy) is 2. The van der Waals surface area contributed by atoms with Gasteiger partial charge < -0.3 is 19.1 Å². The van der Waals surface area contributed by atoms with Gasteiger partial charge in [0.15, 0.2) is 0 Å². The topological polar surface area (TPSA) is 59.1 Å². The number of hydrogen-bond acceptors (Lipinski definition) is 6. The molecule has 5 rings (SSSR count). The van der Waals surface area contributed by atoms with Gasteiger partial charge in [-0.2, -0.15) is 0 Å². The first-order valence-corrected chi connectivity index (χ1v) is 10.1. The highest BCUT2D eigenvalue weighted by atomic mass is 32.1. The van der Waals surface area contributed by atoms with Crippen LogP contribution < -0.4 is 0 Å². The smallest absolute Gasteiger partial charge is 0.349 e. The van der Waals surface area contributed by atoms with E-state index in [2.05, 4.69) is 14.1 Å². The highest BCUT2D eigenvalue weighted by Crippen LogP contribution is 2.52. The zero-order chi connectivity index (χ0) is 23.3. The number of carbonyl (C=O) groups is 1. The van der Waals surface area contributed by atoms with Crippen molar-refractivity contribution >= 4 is 28.6 Å². The van der Waals surface area contributed by atoms with Gasteiger partial charge in [-0.25, -0.2) is 4.79 Å². The Morgan fingerprint density at radius 3 is 2.23 bits per heavy atom. The van der Waals surface area contributed by atoms with Gasteiger partial charge >= 0.3 is 5.97 Å². The van der Waals surface area contributed by atoms with Gasteiger partial charge in [-0.1, -0.05) is 12.1 Å². The van der Waals surface area contributed by atoms with E-state index in [0.29, 0.717) is 35.5 Å². The summed E-state index contributed by atoms with van der Waals surface area (Å²) < 4.78 is 60.1. The summed E-state index contributed by atoms with van der Waals surface area (Å²) in [6, 6.07) is -1.56. The minimum absolute atomic E-state index is 0.139. The summed E-state index contributed by atoms with van der Waals surface area (Å²) in [7, 11) is 4.26. The molecule has 0 saturated carbocycles. The molecular weight excluding hydrogens is 370 g/mol. The largest absolute Gasteiger partial charge is 0.459 e. The summed E-state index contributed by atoms with van der Waals surface area (Å²) in [4.78, 5) is 12.9. The van der Waals surface area contributed by atoms with Crippen LogP contribution in [0.25, 0.3) is 0 Å². The van der Waals surface area contributed by atoms with Crippen LogP contribution in [0.1, 0.15) is 30.8 Å². The lowest BCUT2D eigenvalue weighted by Crippen LogP contribution is -2.60. The molecule has 2 bridgehead atoms. The van der Waals surface area contributed by atoms with Crippen molar-refractivity contribution in [2.24, 2.45) is 0 Å². The fourth-order valence-corrected chi connectivity index (χ4v) is 5.87. The van der Waals surface area contributed by atoms with Crippen molar-refractivity contribution < 1.29 is 32.1 Å². The second-order valence-corrected chi connectivity index (χ2v) is 9.24. The number of piperidine rings is 1. The number of esters is 1. The minimum Gasteiger partial charge on any atom is -0.459 e. The molecule has 3 aliphatic rings. The summed E-state index contributed by atoms with van der Waals surface area (Å²) in [5.41, 5.74) is -2.63. The number of hydrogen-bond donors (Lipinski definition) is 1. The van der Waals surface area contributed by atoms with Crippen LogP contribution in [-0.2, 0) is 19.9 Å². The Bertz CT molecular complexity index is 1060. The van der Waals surface area contributed by atoms with Crippen molar-refractivity contribution in [1.82, 2.24) is 0 Å². The molecule has 138 valence electrons. The van der Waals surface area contributed by atoms with E-state index < -0.39 is 41.8 Å². The van der Waals surface area contributed by atoms with E-state index >= 15 is 0 Å². The number of aliphatic hydroxyl groups is 1. The Morgan fingerprint density at radius 1 is 1.23 bits per heavy atom. The van der Waals surface area contributed by atoms with Crippen LogP contribution in [0.15, 0.2) is 34.9 Å². The highest BCUT2D eigenvalue weighted by Gasteiger charge is 2.71. The monoisotopic (exact) mass is 398 g/mol. The molecule has 2 aromatic heterocycles. The van der Waals surface area contributed by atoms with Gasteiger partial charge in [0.05, 0.1) is 32.1 Å². The van der Waals surface area contributed by atoms with E-state index in [-0.39, 0.29) is 44.8 Å². The van der Waals surface area contributed by atoms with Crippen molar-refractivity contribution in [2.75, 3.05) is 14.1 Å². The summed E-state index contributed by atoms with van der Waals surface area (Å²) in [6.07, 6.45) is 0.875. The van der Waals surface area contributed by atoms with Crippen molar-refractivity contribution in [2.45, 2.75) is 48.8 Å². The average Bonchev–Trinajstić information content (AvgIpc) is 3.39. The summed E-state index contributed by atoms with van der Waals surface area (Å²) in [5.74, 6) is -1.10. The number of morpholine rings is 1. The molecule has 0 aliphatic carbocycles. The maximum absolute atomic E-state index is 13.5. The lowest BCUT2D eigenvalue weighted by atomic mass is 9.95. The van der Waals surface area contributed by atoms with Crippen LogP contribution in [0.5, 0.6) is 0 Å². The lowest BCUT2D eigenvalue weighted by molar-refractivity contribution is -0.938. The SMILES string of the molecule is [2H]c1sc(C(O)(C(=O)OC2CC3C4OC4C(C2)[N+]3(C)C)c2sc([2H])c([2H])c2[2H])c([2H])c1[2H]. The van der Waals surface area contributed by atoms with Gasteiger partial charge in [0, 0.05) is 12.8 Å². The number of epoxide rings is 1. The normalized spacial score (nSPS) is 37.6. The van der Waals surface area contributed by atoms with Crippen LogP contribution >= 0.6 is 22.7 Å². The predicted octanol–water partition coefficient (Wildman–Crippen LogP) is 2.35. The molecule has 3 aliphatic heterocycles. The average molecular weight is 399 g/mol. The molecule has 7 heteroatoms. The predicted molar refractivity (Wildman–Crippen MR) is 99.1 cm³/mol. The van der Waals surface area contributed by atoms with E-state index in [4.69, 9.17) is 17.7 Å². The molecule has 5 heterocycles.